The van der Waals surface area contributed by atoms with Crippen LogP contribution < -0.4 is 10.1 Å². The van der Waals surface area contributed by atoms with E-state index in [1.165, 1.54) is 10.4 Å². The second-order valence-corrected chi connectivity index (χ2v) is 5.99. The lowest BCUT2D eigenvalue weighted by Gasteiger charge is -2.23. The fraction of sp³-hybridized carbons (Fsp3) is 0.333. The van der Waals surface area contributed by atoms with Gasteiger partial charge in [-0.1, -0.05) is 36.7 Å². The van der Waals surface area contributed by atoms with Gasteiger partial charge in [-0.2, -0.15) is 0 Å². The first-order valence-electron chi connectivity index (χ1n) is 6.50. The summed E-state index contributed by atoms with van der Waals surface area (Å²) >= 11 is 7.96. The number of halogens is 1. The van der Waals surface area contributed by atoms with Gasteiger partial charge in [0.05, 0.1) is 11.1 Å². The van der Waals surface area contributed by atoms with Crippen LogP contribution in [-0.2, 0) is 6.42 Å². The van der Waals surface area contributed by atoms with Gasteiger partial charge in [0.2, 0.25) is 0 Å². The number of rotatable bonds is 4. The third-order valence-corrected chi connectivity index (χ3v) is 4.84. The molecule has 0 aliphatic carbocycles. The van der Waals surface area contributed by atoms with Gasteiger partial charge in [-0.05, 0) is 29.6 Å². The molecule has 2 nitrogen and oxygen atoms in total. The summed E-state index contributed by atoms with van der Waals surface area (Å²) in [5, 5.41) is 6.36. The number of thiophene rings is 1. The van der Waals surface area contributed by atoms with Crippen molar-refractivity contribution >= 4 is 22.9 Å². The molecule has 19 heavy (non-hydrogen) atoms. The minimum Gasteiger partial charge on any atom is -0.488 e. The molecule has 0 bridgehead atoms. The Morgan fingerprint density at radius 1 is 1.42 bits per heavy atom. The van der Waals surface area contributed by atoms with Crippen LogP contribution in [0.3, 0.4) is 0 Å². The van der Waals surface area contributed by atoms with Crippen LogP contribution >= 0.6 is 22.9 Å². The van der Waals surface area contributed by atoms with E-state index in [-0.39, 0.29) is 12.1 Å². The van der Waals surface area contributed by atoms with Gasteiger partial charge in [0.1, 0.15) is 11.9 Å². The number of hydrogen-bond donors (Lipinski definition) is 1. The first-order chi connectivity index (χ1) is 9.29. The smallest absolute Gasteiger partial charge is 0.123 e. The summed E-state index contributed by atoms with van der Waals surface area (Å²) < 4.78 is 6.09. The quantitative estimate of drug-likeness (QED) is 0.918. The number of fused-ring (bicyclic) bond motifs is 1. The normalized spacial score (nSPS) is 18.9. The van der Waals surface area contributed by atoms with E-state index in [4.69, 9.17) is 16.3 Å². The predicted octanol–water partition coefficient (Wildman–Crippen LogP) is 4.06. The molecule has 0 radical (unpaired) electrons. The molecular formula is C15H16ClNOS. The zero-order valence-electron chi connectivity index (χ0n) is 10.7. The van der Waals surface area contributed by atoms with Gasteiger partial charge in [-0.25, -0.2) is 0 Å². The van der Waals surface area contributed by atoms with Crippen LogP contribution in [0.15, 0.2) is 35.7 Å². The molecule has 2 heterocycles. The number of hydrogen-bond acceptors (Lipinski definition) is 3. The number of para-hydroxylation sites is 1. The van der Waals surface area contributed by atoms with E-state index in [1.54, 1.807) is 11.3 Å². The van der Waals surface area contributed by atoms with Crippen molar-refractivity contribution in [3.8, 4) is 5.75 Å². The summed E-state index contributed by atoms with van der Waals surface area (Å²) in [5.74, 6) is 1.00. The molecule has 1 aliphatic rings. The van der Waals surface area contributed by atoms with Crippen molar-refractivity contribution in [3.63, 3.8) is 0 Å². The van der Waals surface area contributed by atoms with Crippen molar-refractivity contribution in [3.05, 3.63) is 51.2 Å². The molecule has 0 fully saturated rings. The first-order valence-corrected chi connectivity index (χ1v) is 7.76. The summed E-state index contributed by atoms with van der Waals surface area (Å²) in [4.78, 5) is 1.17. The highest BCUT2D eigenvalue weighted by Crippen LogP contribution is 2.38. The molecule has 0 saturated carbocycles. The number of benzene rings is 1. The highest BCUT2D eigenvalue weighted by molar-refractivity contribution is 7.10. The fourth-order valence-corrected chi connectivity index (χ4v) is 3.84. The molecule has 0 saturated heterocycles. The Morgan fingerprint density at radius 2 is 2.26 bits per heavy atom. The van der Waals surface area contributed by atoms with Gasteiger partial charge in [0, 0.05) is 11.3 Å². The lowest BCUT2D eigenvalue weighted by molar-refractivity contribution is 0.181. The molecule has 0 spiro atoms. The van der Waals surface area contributed by atoms with Crippen molar-refractivity contribution in [2.24, 2.45) is 0 Å². The maximum Gasteiger partial charge on any atom is 0.123 e. The zero-order chi connectivity index (χ0) is 13.2. The maximum atomic E-state index is 6.27. The van der Waals surface area contributed by atoms with E-state index in [0.29, 0.717) is 0 Å². The SMILES string of the molecule is CCNC(c1sccc1Cl)C1Cc2ccccc2O1. The third-order valence-electron chi connectivity index (χ3n) is 3.40. The van der Waals surface area contributed by atoms with Crippen LogP contribution in [0.4, 0.5) is 0 Å². The number of nitrogens with one attached hydrogen (secondary N) is 1. The van der Waals surface area contributed by atoms with Crippen molar-refractivity contribution in [1.82, 2.24) is 5.32 Å². The molecule has 0 amide bonds. The molecule has 2 unspecified atom stereocenters. The van der Waals surface area contributed by atoms with Crippen molar-refractivity contribution in [2.75, 3.05) is 6.54 Å². The largest absolute Gasteiger partial charge is 0.488 e. The molecular weight excluding hydrogens is 278 g/mol. The molecule has 1 N–H and O–H groups in total. The molecule has 2 aromatic rings. The Hall–Kier alpha value is -1.03. The minimum absolute atomic E-state index is 0.119. The monoisotopic (exact) mass is 293 g/mol. The van der Waals surface area contributed by atoms with Gasteiger partial charge in [-0.3, -0.25) is 0 Å². The highest BCUT2D eigenvalue weighted by atomic mass is 35.5. The maximum absolute atomic E-state index is 6.27. The lowest BCUT2D eigenvalue weighted by atomic mass is 10.0. The summed E-state index contributed by atoms with van der Waals surface area (Å²) in [7, 11) is 0. The van der Waals surface area contributed by atoms with Gasteiger partial charge >= 0.3 is 0 Å². The van der Waals surface area contributed by atoms with E-state index in [0.717, 1.165) is 23.7 Å². The van der Waals surface area contributed by atoms with E-state index in [2.05, 4.69) is 24.4 Å². The third kappa shape index (κ3) is 2.50. The van der Waals surface area contributed by atoms with Crippen molar-refractivity contribution in [1.29, 1.82) is 0 Å². The Bertz CT molecular complexity index is 544. The second-order valence-electron chi connectivity index (χ2n) is 4.64. The Balaban J connectivity index is 1.86. The second kappa shape index (κ2) is 5.53. The standard InChI is InChI=1S/C15H16ClNOS/c1-2-17-14(15-11(16)7-8-19-15)13-9-10-5-3-4-6-12(10)18-13/h3-8,13-14,17H,2,9H2,1H3. The summed E-state index contributed by atoms with van der Waals surface area (Å²) in [6, 6.07) is 10.4. The van der Waals surface area contributed by atoms with Crippen LogP contribution in [0.2, 0.25) is 5.02 Å². The molecule has 100 valence electrons. The molecule has 4 heteroatoms. The zero-order valence-corrected chi connectivity index (χ0v) is 12.3. The summed E-state index contributed by atoms with van der Waals surface area (Å²) in [5.41, 5.74) is 1.28. The molecule has 3 rings (SSSR count). The number of ether oxygens (including phenoxy) is 1. The minimum atomic E-state index is 0.119. The van der Waals surface area contributed by atoms with Crippen LogP contribution in [0.25, 0.3) is 0 Å². The van der Waals surface area contributed by atoms with Gasteiger partial charge < -0.3 is 10.1 Å². The van der Waals surface area contributed by atoms with Crippen LogP contribution in [0, 0.1) is 0 Å². The average Bonchev–Trinajstić information content (AvgIpc) is 3.02. The predicted molar refractivity (Wildman–Crippen MR) is 80.3 cm³/mol. The molecule has 1 aromatic carbocycles. The Labute approximate surface area is 122 Å². The van der Waals surface area contributed by atoms with Crippen molar-refractivity contribution in [2.45, 2.75) is 25.5 Å². The molecule has 2 atom stereocenters. The molecule has 1 aromatic heterocycles. The fourth-order valence-electron chi connectivity index (χ4n) is 2.54. The van der Waals surface area contributed by atoms with E-state index in [1.807, 2.05) is 23.6 Å². The lowest BCUT2D eigenvalue weighted by Crippen LogP contribution is -2.34. The first kappa shape index (κ1) is 13.0. The number of likely N-dealkylation sites (N-methyl/N-ethyl adjacent to an activating group) is 1. The van der Waals surface area contributed by atoms with E-state index < -0.39 is 0 Å². The topological polar surface area (TPSA) is 21.3 Å². The van der Waals surface area contributed by atoms with Gasteiger partial charge in [0.15, 0.2) is 0 Å². The Morgan fingerprint density at radius 3 is 2.95 bits per heavy atom. The van der Waals surface area contributed by atoms with E-state index >= 15 is 0 Å². The van der Waals surface area contributed by atoms with Gasteiger partial charge in [0.25, 0.3) is 0 Å². The van der Waals surface area contributed by atoms with Crippen LogP contribution in [0.1, 0.15) is 23.4 Å². The summed E-state index contributed by atoms with van der Waals surface area (Å²) in [6.07, 6.45) is 1.05. The van der Waals surface area contributed by atoms with Crippen LogP contribution in [-0.4, -0.2) is 12.6 Å². The van der Waals surface area contributed by atoms with Crippen molar-refractivity contribution < 1.29 is 4.74 Å². The Kier molecular flexibility index (Phi) is 3.78. The van der Waals surface area contributed by atoms with E-state index in [9.17, 15) is 0 Å². The average molecular weight is 294 g/mol. The summed E-state index contributed by atoms with van der Waals surface area (Å²) in [6.45, 7) is 3.01. The van der Waals surface area contributed by atoms with Gasteiger partial charge in [-0.15, -0.1) is 11.3 Å². The molecule has 1 aliphatic heterocycles. The highest BCUT2D eigenvalue weighted by Gasteiger charge is 2.32. The van der Waals surface area contributed by atoms with Crippen LogP contribution in [0.5, 0.6) is 5.75 Å².